The number of para-hydroxylation sites is 1. The van der Waals surface area contributed by atoms with E-state index in [1.165, 1.54) is 87.6 Å². The van der Waals surface area contributed by atoms with Crippen LogP contribution in [0.4, 0.5) is 5.69 Å². The molecule has 0 saturated heterocycles. The minimum absolute atomic E-state index is 0. The Morgan fingerprint density at radius 1 is 0.935 bits per heavy atom. The number of anilines is 1. The zero-order chi connectivity index (χ0) is 21.6. The third-order valence-electron chi connectivity index (χ3n) is 5.49. The molecule has 0 unspecified atom stereocenters. The van der Waals surface area contributed by atoms with Gasteiger partial charge in [-0.05, 0) is 48.2 Å². The highest BCUT2D eigenvalue weighted by atomic mass is 79.9. The van der Waals surface area contributed by atoms with Gasteiger partial charge in [0, 0.05) is 18.8 Å². The molecule has 0 fully saturated rings. The minimum Gasteiger partial charge on any atom is -1.00 e. The maximum absolute atomic E-state index is 5.41. The molecular formula is C25H38BrCl2N3. The molecule has 6 heteroatoms. The van der Waals surface area contributed by atoms with Gasteiger partial charge in [-0.2, -0.15) is 0 Å². The fraction of sp³-hybridized carbons (Fsp3) is 0.560. The molecule has 0 amide bonds. The summed E-state index contributed by atoms with van der Waals surface area (Å²) in [6.45, 7) is 6.85. The lowest BCUT2D eigenvalue weighted by Crippen LogP contribution is -3.00. The molecule has 1 aliphatic rings. The molecule has 0 saturated carbocycles. The van der Waals surface area contributed by atoms with E-state index in [9.17, 15) is 0 Å². The zero-order valence-electron chi connectivity index (χ0n) is 19.0. The molecule has 0 radical (unpaired) electrons. The van der Waals surface area contributed by atoms with Gasteiger partial charge in [0.05, 0.1) is 0 Å². The fourth-order valence-corrected chi connectivity index (χ4v) is 4.09. The van der Waals surface area contributed by atoms with Crippen molar-refractivity contribution in [2.45, 2.75) is 78.1 Å². The van der Waals surface area contributed by atoms with Crippen LogP contribution in [0.25, 0.3) is 6.08 Å². The number of hydrogen-bond donors (Lipinski definition) is 1. The van der Waals surface area contributed by atoms with E-state index in [4.69, 9.17) is 23.2 Å². The van der Waals surface area contributed by atoms with Gasteiger partial charge >= 0.3 is 0 Å². The number of imidazole rings is 1. The first-order valence-electron chi connectivity index (χ1n) is 11.5. The molecule has 0 aliphatic carbocycles. The number of rotatable bonds is 11. The van der Waals surface area contributed by atoms with E-state index in [0.717, 1.165) is 6.54 Å². The molecule has 1 aromatic carbocycles. The number of benzene rings is 1. The van der Waals surface area contributed by atoms with Crippen LogP contribution < -0.4 is 26.9 Å². The summed E-state index contributed by atoms with van der Waals surface area (Å²) in [5.74, 6) is 0. The number of aromatic amines is 2. The van der Waals surface area contributed by atoms with E-state index in [2.05, 4.69) is 59.1 Å². The van der Waals surface area contributed by atoms with E-state index in [1.807, 2.05) is 0 Å². The molecule has 2 aromatic rings. The summed E-state index contributed by atoms with van der Waals surface area (Å²) in [5, 5.41) is 0.892. The van der Waals surface area contributed by atoms with Crippen molar-refractivity contribution in [2.75, 3.05) is 18.0 Å². The van der Waals surface area contributed by atoms with Crippen LogP contribution in [0.3, 0.4) is 0 Å². The zero-order valence-corrected chi connectivity index (χ0v) is 22.1. The second-order valence-corrected chi connectivity index (χ2v) is 8.97. The first-order chi connectivity index (χ1) is 14.6. The molecule has 2 heterocycles. The summed E-state index contributed by atoms with van der Waals surface area (Å²) in [7, 11) is 0. The number of nitrogens with zero attached hydrogens (tertiary/aromatic N) is 1. The highest BCUT2D eigenvalue weighted by Crippen LogP contribution is 2.28. The number of hydrogen-bond acceptors (Lipinski definition) is 1. The molecule has 2 N–H and O–H groups in total. The van der Waals surface area contributed by atoms with E-state index in [1.54, 1.807) is 6.33 Å². The molecule has 3 rings (SSSR count). The number of fused-ring (bicyclic) bond motifs is 1. The summed E-state index contributed by atoms with van der Waals surface area (Å²) in [4.78, 5) is 7.86. The van der Waals surface area contributed by atoms with Crippen LogP contribution in [0.2, 0.25) is 10.3 Å². The molecule has 0 spiro atoms. The van der Waals surface area contributed by atoms with Crippen LogP contribution in [0.15, 0.2) is 36.2 Å². The predicted octanol–water partition coefficient (Wildman–Crippen LogP) is 4.97. The van der Waals surface area contributed by atoms with E-state index < -0.39 is 0 Å². The predicted molar refractivity (Wildman–Crippen MR) is 132 cm³/mol. The lowest BCUT2D eigenvalue weighted by atomic mass is 10.0. The quantitative estimate of drug-likeness (QED) is 0.409. The normalized spacial score (nSPS) is 12.4. The Morgan fingerprint density at radius 2 is 1.55 bits per heavy atom. The fourth-order valence-electron chi connectivity index (χ4n) is 3.87. The number of halogens is 3. The van der Waals surface area contributed by atoms with Gasteiger partial charge in [-0.1, -0.05) is 94.6 Å². The second kappa shape index (κ2) is 16.6. The average molecular weight is 531 g/mol. The minimum atomic E-state index is 0. The van der Waals surface area contributed by atoms with Crippen LogP contribution in [-0.4, -0.2) is 18.1 Å². The highest BCUT2D eigenvalue weighted by molar-refractivity contribution is 6.39. The maximum Gasteiger partial charge on any atom is 0.252 e. The third-order valence-corrected chi connectivity index (χ3v) is 6.18. The molecule has 31 heavy (non-hydrogen) atoms. The number of H-pyrrole nitrogens is 2. The van der Waals surface area contributed by atoms with E-state index >= 15 is 0 Å². The number of nitrogens with one attached hydrogen (secondary N) is 2. The van der Waals surface area contributed by atoms with E-state index in [-0.39, 0.29) is 17.0 Å². The van der Waals surface area contributed by atoms with Crippen LogP contribution in [-0.2, 0) is 0 Å². The molecular weight excluding hydrogens is 493 g/mol. The second-order valence-electron chi connectivity index (χ2n) is 8.21. The topological polar surface area (TPSA) is 33.2 Å². The Morgan fingerprint density at radius 3 is 2.10 bits per heavy atom. The van der Waals surface area contributed by atoms with Gasteiger partial charge < -0.3 is 21.9 Å². The van der Waals surface area contributed by atoms with Crippen LogP contribution >= 0.6 is 23.2 Å². The first-order valence-corrected chi connectivity index (χ1v) is 12.3. The summed E-state index contributed by atoms with van der Waals surface area (Å²) in [6, 6.07) is 8.82. The summed E-state index contributed by atoms with van der Waals surface area (Å²) in [6.07, 6.45) is 18.0. The smallest absolute Gasteiger partial charge is 0.252 e. The van der Waals surface area contributed by atoms with Crippen LogP contribution in [0.1, 0.15) is 83.6 Å². The Bertz CT molecular complexity index is 744. The third kappa shape index (κ3) is 10.9. The summed E-state index contributed by atoms with van der Waals surface area (Å²) < 4.78 is 0. The lowest BCUT2D eigenvalue weighted by molar-refractivity contribution is -0.373. The molecule has 3 nitrogen and oxygen atoms in total. The Labute approximate surface area is 209 Å². The molecule has 0 bridgehead atoms. The maximum atomic E-state index is 5.41. The Kier molecular flexibility index (Phi) is 15.1. The first kappa shape index (κ1) is 28.1. The van der Waals surface area contributed by atoms with Crippen molar-refractivity contribution in [3.8, 4) is 0 Å². The number of unbranched alkanes of at least 4 members (excludes halogenated alkanes) is 9. The summed E-state index contributed by atoms with van der Waals surface area (Å²) in [5.41, 5.74) is 4.30. The van der Waals surface area contributed by atoms with Gasteiger partial charge in [0.2, 0.25) is 6.33 Å². The van der Waals surface area contributed by atoms with Crippen LogP contribution in [0, 0.1) is 0 Å². The van der Waals surface area contributed by atoms with Gasteiger partial charge in [-0.15, -0.1) is 0 Å². The standard InChI is InChI=1S/C22H35N.C3H2Cl2N2.BrH/c1-3-4-5-6-7-8-9-10-11-14-17-23-19-20(2)18-21-15-12-13-16-22(21)23;4-2-3(5)7-1-6-2;/h12-13,15-16,18H,3-11,14,17,19H2,1-2H3;1H,(H,6,7);1H. The van der Waals surface area contributed by atoms with Gasteiger partial charge in [-0.3, -0.25) is 0 Å². The molecule has 1 aliphatic heterocycles. The van der Waals surface area contributed by atoms with Gasteiger partial charge in [-0.25, -0.2) is 9.97 Å². The van der Waals surface area contributed by atoms with Gasteiger partial charge in [0.15, 0.2) is 0 Å². The lowest BCUT2D eigenvalue weighted by Gasteiger charge is -2.30. The molecule has 174 valence electrons. The van der Waals surface area contributed by atoms with Crippen LogP contribution in [0.5, 0.6) is 0 Å². The largest absolute Gasteiger partial charge is 1.00 e. The van der Waals surface area contributed by atoms with E-state index in [0.29, 0.717) is 10.3 Å². The SMILES string of the molecule is CCCCCCCCCCCCN1CC(C)=Cc2ccccc21.Clc1[nH]c[nH+]c1Cl.[Br-]. The number of aromatic nitrogens is 2. The van der Waals surface area contributed by atoms with Crippen molar-refractivity contribution in [1.82, 2.24) is 4.98 Å². The van der Waals surface area contributed by atoms with Crippen molar-refractivity contribution in [3.63, 3.8) is 0 Å². The monoisotopic (exact) mass is 529 g/mol. The van der Waals surface area contributed by atoms with Crippen molar-refractivity contribution in [3.05, 3.63) is 52.0 Å². The summed E-state index contributed by atoms with van der Waals surface area (Å²) >= 11 is 10.8. The average Bonchev–Trinajstić information content (AvgIpc) is 3.12. The van der Waals surface area contributed by atoms with Gasteiger partial charge in [0.25, 0.3) is 10.3 Å². The molecule has 0 atom stereocenters. The van der Waals surface area contributed by atoms with Crippen molar-refractivity contribution in [1.29, 1.82) is 0 Å². The van der Waals surface area contributed by atoms with Gasteiger partial charge in [0.1, 0.15) is 0 Å². The van der Waals surface area contributed by atoms with Crippen molar-refractivity contribution in [2.24, 2.45) is 0 Å². The highest BCUT2D eigenvalue weighted by Gasteiger charge is 2.14. The van der Waals surface area contributed by atoms with Crippen molar-refractivity contribution >= 4 is 35.0 Å². The Balaban J connectivity index is 0.000000510. The molecule has 1 aromatic heterocycles. The Hall–Kier alpha value is -0.970. The van der Waals surface area contributed by atoms with Crippen molar-refractivity contribution < 1.29 is 22.0 Å².